The van der Waals surface area contributed by atoms with Gasteiger partial charge in [-0.15, -0.1) is 0 Å². The molecule has 0 unspecified atom stereocenters. The van der Waals surface area contributed by atoms with Crippen LogP contribution in [0.1, 0.15) is 13.8 Å². The molecule has 0 aromatic heterocycles. The highest BCUT2D eigenvalue weighted by molar-refractivity contribution is 7.89. The van der Waals surface area contributed by atoms with Crippen LogP contribution in [0.3, 0.4) is 0 Å². The lowest BCUT2D eigenvalue weighted by molar-refractivity contribution is 0.262. The van der Waals surface area contributed by atoms with Gasteiger partial charge >= 0.3 is 0 Å². The summed E-state index contributed by atoms with van der Waals surface area (Å²) in [6.45, 7) is 8.45. The molecule has 1 aromatic rings. The van der Waals surface area contributed by atoms with E-state index >= 15 is 0 Å². The van der Waals surface area contributed by atoms with Crippen molar-refractivity contribution >= 4 is 15.7 Å². The van der Waals surface area contributed by atoms with Gasteiger partial charge in [-0.25, -0.2) is 17.5 Å². The first kappa shape index (κ1) is 18.2. The number of hydrogen-bond donors (Lipinski definition) is 1. The van der Waals surface area contributed by atoms with Gasteiger partial charge in [-0.2, -0.15) is 0 Å². The summed E-state index contributed by atoms with van der Waals surface area (Å²) in [5, 5.41) is 0. The summed E-state index contributed by atoms with van der Waals surface area (Å²) in [4.78, 5) is 4.47. The lowest BCUT2D eigenvalue weighted by Crippen LogP contribution is -2.48. The number of nitrogens with zero attached hydrogens (tertiary/aromatic N) is 2. The van der Waals surface area contributed by atoms with Gasteiger partial charge in [0.2, 0.25) is 10.0 Å². The first-order valence-corrected chi connectivity index (χ1v) is 9.71. The average molecular weight is 343 g/mol. The van der Waals surface area contributed by atoms with Crippen LogP contribution in [-0.4, -0.2) is 58.3 Å². The molecule has 2 rings (SSSR count). The molecule has 1 aliphatic rings. The van der Waals surface area contributed by atoms with E-state index in [1.54, 1.807) is 12.1 Å². The van der Waals surface area contributed by atoms with Crippen LogP contribution >= 0.6 is 0 Å². The molecular weight excluding hydrogens is 317 g/mol. The fourth-order valence-electron chi connectivity index (χ4n) is 2.74. The van der Waals surface area contributed by atoms with E-state index in [4.69, 9.17) is 0 Å². The van der Waals surface area contributed by atoms with Crippen LogP contribution in [0.15, 0.2) is 24.3 Å². The second kappa shape index (κ2) is 8.08. The maximum Gasteiger partial charge on any atom is 0.211 e. The Kier molecular flexibility index (Phi) is 6.38. The van der Waals surface area contributed by atoms with Gasteiger partial charge in [-0.3, -0.25) is 4.90 Å². The fraction of sp³-hybridized carbons (Fsp3) is 0.625. The molecule has 7 heteroatoms. The molecule has 23 heavy (non-hydrogen) atoms. The van der Waals surface area contributed by atoms with Crippen LogP contribution in [0, 0.1) is 11.7 Å². The zero-order valence-corrected chi connectivity index (χ0v) is 14.7. The Morgan fingerprint density at radius 1 is 1.13 bits per heavy atom. The van der Waals surface area contributed by atoms with Crippen LogP contribution in [0.5, 0.6) is 0 Å². The number of halogens is 1. The molecule has 0 bridgehead atoms. The Bertz CT molecular complexity index is 582. The molecule has 0 spiro atoms. The Balaban J connectivity index is 1.72. The van der Waals surface area contributed by atoms with Gasteiger partial charge in [0, 0.05) is 45.0 Å². The lowest BCUT2D eigenvalue weighted by atomic mass is 10.2. The number of anilines is 1. The van der Waals surface area contributed by atoms with Crippen LogP contribution in [0.4, 0.5) is 10.1 Å². The van der Waals surface area contributed by atoms with Crippen molar-refractivity contribution < 1.29 is 12.8 Å². The van der Waals surface area contributed by atoms with Gasteiger partial charge in [0.15, 0.2) is 0 Å². The predicted octanol–water partition coefficient (Wildman–Crippen LogP) is 1.52. The van der Waals surface area contributed by atoms with Gasteiger partial charge in [0.25, 0.3) is 0 Å². The van der Waals surface area contributed by atoms with Gasteiger partial charge in [0.1, 0.15) is 5.82 Å². The molecule has 5 nitrogen and oxygen atoms in total. The Morgan fingerprint density at radius 3 is 2.30 bits per heavy atom. The molecule has 0 aliphatic carbocycles. The van der Waals surface area contributed by atoms with E-state index in [0.29, 0.717) is 13.1 Å². The van der Waals surface area contributed by atoms with Gasteiger partial charge in [-0.1, -0.05) is 13.8 Å². The average Bonchev–Trinajstić information content (AvgIpc) is 2.47. The van der Waals surface area contributed by atoms with Crippen LogP contribution in [-0.2, 0) is 10.0 Å². The molecule has 1 fully saturated rings. The van der Waals surface area contributed by atoms with E-state index in [1.165, 1.54) is 12.1 Å². The smallest absolute Gasteiger partial charge is 0.211 e. The van der Waals surface area contributed by atoms with Crippen LogP contribution in [0.2, 0.25) is 0 Å². The maximum absolute atomic E-state index is 12.9. The SMILES string of the molecule is CC(C)CS(=O)(=O)NCCN1CCN(c2ccc(F)cc2)CC1. The number of hydrogen-bond acceptors (Lipinski definition) is 4. The third-order valence-corrected chi connectivity index (χ3v) is 5.62. The Hall–Kier alpha value is -1.18. The summed E-state index contributed by atoms with van der Waals surface area (Å²) in [6.07, 6.45) is 0. The molecule has 0 radical (unpaired) electrons. The minimum Gasteiger partial charge on any atom is -0.369 e. The molecule has 1 heterocycles. The van der Waals surface area contributed by atoms with Crippen molar-refractivity contribution in [3.05, 3.63) is 30.1 Å². The molecule has 1 saturated heterocycles. The second-order valence-electron chi connectivity index (χ2n) is 6.37. The highest BCUT2D eigenvalue weighted by atomic mass is 32.2. The quantitative estimate of drug-likeness (QED) is 0.816. The van der Waals surface area contributed by atoms with Gasteiger partial charge in [-0.05, 0) is 30.2 Å². The van der Waals surface area contributed by atoms with Crippen molar-refractivity contribution in [2.75, 3.05) is 49.9 Å². The monoisotopic (exact) mass is 343 g/mol. The number of benzene rings is 1. The van der Waals surface area contributed by atoms with E-state index in [-0.39, 0.29) is 17.5 Å². The summed E-state index contributed by atoms with van der Waals surface area (Å²) >= 11 is 0. The Morgan fingerprint density at radius 2 is 1.74 bits per heavy atom. The van der Waals surface area contributed by atoms with Crippen molar-refractivity contribution in [3.8, 4) is 0 Å². The van der Waals surface area contributed by atoms with E-state index in [0.717, 1.165) is 31.9 Å². The summed E-state index contributed by atoms with van der Waals surface area (Å²) in [6, 6.07) is 6.55. The molecule has 0 saturated carbocycles. The first-order chi connectivity index (χ1) is 10.9. The van der Waals surface area contributed by atoms with Gasteiger partial charge < -0.3 is 4.90 Å². The molecule has 1 N–H and O–H groups in total. The predicted molar refractivity (Wildman–Crippen MR) is 91.7 cm³/mol. The van der Waals surface area contributed by atoms with E-state index in [1.807, 2.05) is 13.8 Å². The fourth-order valence-corrected chi connectivity index (χ4v) is 4.14. The Labute approximate surface area is 138 Å². The van der Waals surface area contributed by atoms with E-state index in [2.05, 4.69) is 14.5 Å². The van der Waals surface area contributed by atoms with Crippen LogP contribution in [0.25, 0.3) is 0 Å². The summed E-state index contributed by atoms with van der Waals surface area (Å²) in [7, 11) is -3.16. The summed E-state index contributed by atoms with van der Waals surface area (Å²) < 4.78 is 39.2. The minimum atomic E-state index is -3.16. The highest BCUT2D eigenvalue weighted by Crippen LogP contribution is 2.16. The molecule has 1 aromatic carbocycles. The molecule has 0 amide bonds. The minimum absolute atomic E-state index is 0.131. The zero-order chi connectivity index (χ0) is 16.9. The molecule has 130 valence electrons. The second-order valence-corrected chi connectivity index (χ2v) is 8.23. The number of rotatable bonds is 7. The standard InChI is InChI=1S/C16H26FN3O2S/c1-14(2)13-23(21,22)18-7-8-19-9-11-20(12-10-19)16-5-3-15(17)4-6-16/h3-6,14,18H,7-13H2,1-2H3. The number of nitrogens with one attached hydrogen (secondary N) is 1. The third kappa shape index (κ3) is 6.08. The third-order valence-electron chi connectivity index (χ3n) is 3.87. The molecule has 1 aliphatic heterocycles. The maximum atomic E-state index is 12.9. The highest BCUT2D eigenvalue weighted by Gasteiger charge is 2.18. The van der Waals surface area contributed by atoms with Crippen molar-refractivity contribution in [2.24, 2.45) is 5.92 Å². The normalized spacial score (nSPS) is 17.0. The summed E-state index contributed by atoms with van der Waals surface area (Å²) in [5.41, 5.74) is 1.03. The molecular formula is C16H26FN3O2S. The largest absolute Gasteiger partial charge is 0.369 e. The number of piperazine rings is 1. The van der Waals surface area contributed by atoms with Crippen molar-refractivity contribution in [1.29, 1.82) is 0 Å². The first-order valence-electron chi connectivity index (χ1n) is 8.06. The zero-order valence-electron chi connectivity index (χ0n) is 13.8. The van der Waals surface area contributed by atoms with Crippen molar-refractivity contribution in [3.63, 3.8) is 0 Å². The topological polar surface area (TPSA) is 52.7 Å². The van der Waals surface area contributed by atoms with E-state index < -0.39 is 10.0 Å². The summed E-state index contributed by atoms with van der Waals surface area (Å²) in [5.74, 6) is 0.0820. The van der Waals surface area contributed by atoms with Crippen molar-refractivity contribution in [1.82, 2.24) is 9.62 Å². The van der Waals surface area contributed by atoms with Gasteiger partial charge in [0.05, 0.1) is 5.75 Å². The lowest BCUT2D eigenvalue weighted by Gasteiger charge is -2.36. The van der Waals surface area contributed by atoms with Crippen LogP contribution < -0.4 is 9.62 Å². The number of sulfonamides is 1. The molecule has 0 atom stereocenters. The van der Waals surface area contributed by atoms with E-state index in [9.17, 15) is 12.8 Å². The van der Waals surface area contributed by atoms with Crippen molar-refractivity contribution in [2.45, 2.75) is 13.8 Å².